The lowest BCUT2D eigenvalue weighted by molar-refractivity contribution is -0.130. The topological polar surface area (TPSA) is 58.4 Å². The van der Waals surface area contributed by atoms with Crippen molar-refractivity contribution in [3.63, 3.8) is 0 Å². The van der Waals surface area contributed by atoms with E-state index in [0.29, 0.717) is 39.6 Å². The lowest BCUT2D eigenvalue weighted by atomic mass is 10.1. The van der Waals surface area contributed by atoms with Crippen molar-refractivity contribution in [1.82, 2.24) is 14.7 Å². The summed E-state index contributed by atoms with van der Waals surface area (Å²) in [5.41, 5.74) is 1.69. The van der Waals surface area contributed by atoms with Crippen LogP contribution in [0.5, 0.6) is 0 Å². The van der Waals surface area contributed by atoms with Crippen LogP contribution in [0.3, 0.4) is 0 Å². The molecule has 184 valence electrons. The fourth-order valence-corrected chi connectivity index (χ4v) is 5.07. The number of fused-ring (bicyclic) bond motifs is 1. The van der Waals surface area contributed by atoms with Crippen LogP contribution < -0.4 is 10.5 Å². The fraction of sp³-hybridized carbons (Fsp3) is 0.222. The summed E-state index contributed by atoms with van der Waals surface area (Å²) in [6.45, 7) is 2.68. The van der Waals surface area contributed by atoms with Crippen LogP contribution in [0.4, 0.5) is 10.1 Å². The van der Waals surface area contributed by atoms with Crippen molar-refractivity contribution in [1.29, 1.82) is 0 Å². The largest absolute Gasteiger partial charge is 0.368 e. The molecule has 0 bridgehead atoms. The Kier molecular flexibility index (Phi) is 7.20. The minimum atomic E-state index is -0.424. The molecule has 2 heterocycles. The van der Waals surface area contributed by atoms with Crippen molar-refractivity contribution in [2.75, 3.05) is 31.1 Å². The molecule has 4 aromatic rings. The van der Waals surface area contributed by atoms with E-state index in [0.717, 1.165) is 23.2 Å². The zero-order valence-corrected chi connectivity index (χ0v) is 22.5. The minimum Gasteiger partial charge on any atom is -0.368 e. The highest BCUT2D eigenvalue weighted by Gasteiger charge is 2.23. The predicted octanol–water partition coefficient (Wildman–Crippen LogP) is 5.00. The third-order valence-corrected chi connectivity index (χ3v) is 7.44. The van der Waals surface area contributed by atoms with Crippen molar-refractivity contribution in [3.05, 3.63) is 103 Å². The summed E-state index contributed by atoms with van der Waals surface area (Å²) in [5, 5.41) is 5.64. The summed E-state index contributed by atoms with van der Waals surface area (Å²) in [6.07, 6.45) is 0.0713. The Morgan fingerprint density at radius 1 is 0.889 bits per heavy atom. The van der Waals surface area contributed by atoms with Gasteiger partial charge in [-0.3, -0.25) is 9.59 Å². The molecule has 1 aliphatic heterocycles. The molecule has 0 aliphatic carbocycles. The number of anilines is 1. The quantitative estimate of drug-likeness (QED) is 0.318. The first-order valence-electron chi connectivity index (χ1n) is 11.6. The molecule has 3 aromatic carbocycles. The average Bonchev–Trinajstić information content (AvgIpc) is 2.89. The van der Waals surface area contributed by atoms with Crippen LogP contribution in [0.25, 0.3) is 10.8 Å². The zero-order valence-electron chi connectivity index (χ0n) is 19.3. The summed E-state index contributed by atoms with van der Waals surface area (Å²) >= 11 is 6.72. The van der Waals surface area contributed by atoms with E-state index in [-0.39, 0.29) is 24.4 Å². The molecule has 36 heavy (non-hydrogen) atoms. The van der Waals surface area contributed by atoms with Gasteiger partial charge < -0.3 is 9.80 Å². The van der Waals surface area contributed by atoms with Gasteiger partial charge in [0.05, 0.1) is 24.0 Å². The standard InChI is InChI=1S/C27H23Br2FN4O2/c28-19-7-9-21(10-8-19)32-11-13-33(14-12-32)26(35)16-25-22-3-1-2-4-23(22)27(36)34(31-25)17-18-5-6-20(29)15-24(18)30/h1-10,15H,11-14,16-17H2. The summed E-state index contributed by atoms with van der Waals surface area (Å²) in [4.78, 5) is 30.5. The number of aromatic nitrogens is 2. The van der Waals surface area contributed by atoms with E-state index in [1.54, 1.807) is 24.3 Å². The summed E-state index contributed by atoms with van der Waals surface area (Å²) < 4.78 is 17.4. The van der Waals surface area contributed by atoms with Crippen molar-refractivity contribution in [3.8, 4) is 0 Å². The molecular formula is C27H23Br2FN4O2. The number of hydrogen-bond donors (Lipinski definition) is 0. The van der Waals surface area contributed by atoms with Crippen LogP contribution in [0, 0.1) is 5.82 Å². The van der Waals surface area contributed by atoms with Gasteiger partial charge in [-0.2, -0.15) is 5.10 Å². The third kappa shape index (κ3) is 5.22. The molecule has 0 unspecified atom stereocenters. The van der Waals surface area contributed by atoms with E-state index in [1.165, 1.54) is 10.7 Å². The number of carbonyl (C=O) groups excluding carboxylic acids is 1. The van der Waals surface area contributed by atoms with Gasteiger partial charge >= 0.3 is 0 Å². The number of hydrogen-bond acceptors (Lipinski definition) is 4. The third-order valence-electron chi connectivity index (χ3n) is 6.42. The molecule has 0 saturated carbocycles. The Labute approximate surface area is 224 Å². The van der Waals surface area contributed by atoms with Gasteiger partial charge in [0.2, 0.25) is 5.91 Å². The van der Waals surface area contributed by atoms with Crippen LogP contribution in [0.1, 0.15) is 11.3 Å². The van der Waals surface area contributed by atoms with Crippen molar-refractivity contribution in [2.24, 2.45) is 0 Å². The number of piperazine rings is 1. The smallest absolute Gasteiger partial charge is 0.274 e. The van der Waals surface area contributed by atoms with Gasteiger partial charge in [-0.1, -0.05) is 56.1 Å². The number of halogens is 3. The normalized spacial score (nSPS) is 13.9. The lowest BCUT2D eigenvalue weighted by Crippen LogP contribution is -2.49. The lowest BCUT2D eigenvalue weighted by Gasteiger charge is -2.36. The molecular weight excluding hydrogens is 591 g/mol. The van der Waals surface area contributed by atoms with Crippen LogP contribution in [-0.4, -0.2) is 46.8 Å². The van der Waals surface area contributed by atoms with Crippen LogP contribution in [-0.2, 0) is 17.8 Å². The monoisotopic (exact) mass is 612 g/mol. The molecule has 1 fully saturated rings. The summed E-state index contributed by atoms with van der Waals surface area (Å²) in [7, 11) is 0. The molecule has 1 aromatic heterocycles. The Morgan fingerprint density at radius 2 is 1.56 bits per heavy atom. The fourth-order valence-electron chi connectivity index (χ4n) is 4.48. The van der Waals surface area contributed by atoms with Crippen LogP contribution >= 0.6 is 31.9 Å². The SMILES string of the molecule is O=C(Cc1nn(Cc2ccc(Br)cc2F)c(=O)c2ccccc12)N1CCN(c2ccc(Br)cc2)CC1. The molecule has 1 amide bonds. The van der Waals surface area contributed by atoms with Gasteiger partial charge in [0.25, 0.3) is 5.56 Å². The predicted molar refractivity (Wildman–Crippen MR) is 146 cm³/mol. The second kappa shape index (κ2) is 10.5. The van der Waals surface area contributed by atoms with Gasteiger partial charge in [-0.15, -0.1) is 0 Å². The Bertz CT molecular complexity index is 1480. The molecule has 0 atom stereocenters. The molecule has 6 nitrogen and oxygen atoms in total. The van der Waals surface area contributed by atoms with Gasteiger partial charge in [0.1, 0.15) is 5.82 Å². The molecule has 9 heteroatoms. The molecule has 0 spiro atoms. The number of benzene rings is 3. The van der Waals surface area contributed by atoms with Gasteiger partial charge in [-0.25, -0.2) is 9.07 Å². The minimum absolute atomic E-state index is 0.0180. The number of rotatable bonds is 5. The van der Waals surface area contributed by atoms with Crippen molar-refractivity contribution in [2.45, 2.75) is 13.0 Å². The second-order valence-corrected chi connectivity index (χ2v) is 10.5. The molecule has 0 N–H and O–H groups in total. The summed E-state index contributed by atoms with van der Waals surface area (Å²) in [5.74, 6) is -0.462. The van der Waals surface area contributed by atoms with E-state index in [2.05, 4.69) is 54.0 Å². The van der Waals surface area contributed by atoms with Crippen molar-refractivity contribution < 1.29 is 9.18 Å². The van der Waals surface area contributed by atoms with Gasteiger partial charge in [-0.05, 0) is 42.5 Å². The molecule has 1 saturated heterocycles. The maximum absolute atomic E-state index is 14.5. The zero-order chi connectivity index (χ0) is 25.2. The highest BCUT2D eigenvalue weighted by Crippen LogP contribution is 2.21. The van der Waals surface area contributed by atoms with Gasteiger partial charge in [0, 0.05) is 51.8 Å². The first kappa shape index (κ1) is 24.6. The second-order valence-electron chi connectivity index (χ2n) is 8.71. The maximum Gasteiger partial charge on any atom is 0.274 e. The van der Waals surface area contributed by atoms with E-state index in [4.69, 9.17) is 0 Å². The Hall–Kier alpha value is -3.04. The van der Waals surface area contributed by atoms with Crippen LogP contribution in [0.2, 0.25) is 0 Å². The molecule has 5 rings (SSSR count). The Balaban J connectivity index is 1.36. The first-order valence-corrected chi connectivity index (χ1v) is 13.2. The molecule has 1 aliphatic rings. The van der Waals surface area contributed by atoms with E-state index in [1.807, 2.05) is 29.2 Å². The average molecular weight is 614 g/mol. The van der Waals surface area contributed by atoms with E-state index < -0.39 is 5.82 Å². The van der Waals surface area contributed by atoms with E-state index >= 15 is 0 Å². The van der Waals surface area contributed by atoms with E-state index in [9.17, 15) is 14.0 Å². The van der Waals surface area contributed by atoms with Crippen LogP contribution in [0.15, 0.2) is 80.5 Å². The molecule has 0 radical (unpaired) electrons. The highest BCUT2D eigenvalue weighted by atomic mass is 79.9. The Morgan fingerprint density at radius 3 is 2.25 bits per heavy atom. The summed E-state index contributed by atoms with van der Waals surface area (Å²) in [6, 6.07) is 20.0. The first-order chi connectivity index (χ1) is 17.4. The van der Waals surface area contributed by atoms with Crippen molar-refractivity contribution >= 4 is 54.2 Å². The number of amides is 1. The number of carbonyl (C=O) groups is 1. The highest BCUT2D eigenvalue weighted by molar-refractivity contribution is 9.10. The number of nitrogens with zero attached hydrogens (tertiary/aromatic N) is 4. The van der Waals surface area contributed by atoms with Gasteiger partial charge in [0.15, 0.2) is 0 Å². The maximum atomic E-state index is 14.5.